The van der Waals surface area contributed by atoms with Gasteiger partial charge in [0.2, 0.25) is 5.91 Å². The molecule has 0 aliphatic carbocycles. The fourth-order valence-corrected chi connectivity index (χ4v) is 3.76. The number of benzene rings is 1. The van der Waals surface area contributed by atoms with E-state index in [1.165, 1.54) is 4.90 Å². The molecule has 4 amide bonds. The Morgan fingerprint density at radius 3 is 2.58 bits per heavy atom. The van der Waals surface area contributed by atoms with Gasteiger partial charge in [0.05, 0.1) is 18.6 Å². The first-order valence-corrected chi connectivity index (χ1v) is 8.76. The topological polar surface area (TPSA) is 79.0 Å². The van der Waals surface area contributed by atoms with E-state index in [-0.39, 0.29) is 29.0 Å². The van der Waals surface area contributed by atoms with E-state index in [1.807, 2.05) is 12.1 Å². The van der Waals surface area contributed by atoms with E-state index >= 15 is 0 Å². The molecule has 128 valence electrons. The van der Waals surface area contributed by atoms with Crippen molar-refractivity contribution in [2.45, 2.75) is 18.9 Å². The molecule has 2 saturated heterocycles. The van der Waals surface area contributed by atoms with Gasteiger partial charge in [0, 0.05) is 19.1 Å². The molecule has 24 heavy (non-hydrogen) atoms. The fraction of sp³-hybridized carbons (Fsp3) is 0.438. The summed E-state index contributed by atoms with van der Waals surface area (Å²) in [4.78, 5) is 39.0. The largest absolute Gasteiger partial charge is 0.495 e. The smallest absolute Gasteiger partial charge is 0.321 e. The van der Waals surface area contributed by atoms with Crippen LogP contribution in [-0.4, -0.2) is 59.0 Å². The third-order valence-electron chi connectivity index (χ3n) is 4.25. The molecule has 8 heteroatoms. The van der Waals surface area contributed by atoms with Crippen molar-refractivity contribution in [1.29, 1.82) is 0 Å². The lowest BCUT2D eigenvalue weighted by Crippen LogP contribution is -2.49. The summed E-state index contributed by atoms with van der Waals surface area (Å²) in [5, 5.41) is 2.67. The molecule has 0 aromatic heterocycles. The molecule has 0 atom stereocenters. The van der Waals surface area contributed by atoms with Gasteiger partial charge in [0.15, 0.2) is 0 Å². The number of thioether (sulfide) groups is 1. The Balaban J connectivity index is 1.57. The Kier molecular flexibility index (Phi) is 4.94. The summed E-state index contributed by atoms with van der Waals surface area (Å²) in [5.41, 5.74) is 0.619. The molecule has 1 aromatic rings. The zero-order chi connectivity index (χ0) is 17.1. The molecule has 0 spiro atoms. The molecular weight excluding hydrogens is 330 g/mol. The van der Waals surface area contributed by atoms with Crippen molar-refractivity contribution in [2.75, 3.05) is 31.3 Å². The van der Waals surface area contributed by atoms with Crippen LogP contribution >= 0.6 is 11.8 Å². The van der Waals surface area contributed by atoms with E-state index in [1.54, 1.807) is 24.1 Å². The molecule has 1 aromatic carbocycles. The predicted octanol–water partition coefficient (Wildman–Crippen LogP) is 2.39. The number of hydrogen-bond acceptors (Lipinski definition) is 5. The van der Waals surface area contributed by atoms with Crippen LogP contribution < -0.4 is 10.1 Å². The van der Waals surface area contributed by atoms with Gasteiger partial charge in [-0.05, 0) is 25.0 Å². The highest BCUT2D eigenvalue weighted by atomic mass is 32.2. The molecule has 2 heterocycles. The number of carbonyl (C=O) groups is 3. The van der Waals surface area contributed by atoms with Crippen molar-refractivity contribution in [3.05, 3.63) is 24.3 Å². The highest BCUT2D eigenvalue weighted by molar-refractivity contribution is 8.14. The van der Waals surface area contributed by atoms with Gasteiger partial charge in [-0.15, -0.1) is 0 Å². The Morgan fingerprint density at radius 1 is 1.25 bits per heavy atom. The number of imide groups is 1. The molecular formula is C16H19N3O4S. The van der Waals surface area contributed by atoms with E-state index in [0.29, 0.717) is 37.4 Å². The molecule has 0 saturated carbocycles. The molecule has 0 radical (unpaired) electrons. The summed E-state index contributed by atoms with van der Waals surface area (Å²) in [6.07, 6.45) is 1.22. The van der Waals surface area contributed by atoms with Gasteiger partial charge in [-0.25, -0.2) is 4.79 Å². The van der Waals surface area contributed by atoms with Crippen molar-refractivity contribution in [2.24, 2.45) is 0 Å². The van der Waals surface area contributed by atoms with Crippen LogP contribution in [0.3, 0.4) is 0 Å². The highest BCUT2D eigenvalue weighted by Crippen LogP contribution is 2.27. The molecule has 3 rings (SSSR count). The van der Waals surface area contributed by atoms with Crippen molar-refractivity contribution in [1.82, 2.24) is 9.80 Å². The van der Waals surface area contributed by atoms with E-state index in [4.69, 9.17) is 4.74 Å². The number of para-hydroxylation sites is 2. The molecule has 2 aliphatic heterocycles. The van der Waals surface area contributed by atoms with Gasteiger partial charge >= 0.3 is 6.03 Å². The van der Waals surface area contributed by atoms with Crippen molar-refractivity contribution in [3.8, 4) is 5.75 Å². The number of methoxy groups -OCH3 is 1. The van der Waals surface area contributed by atoms with Gasteiger partial charge in [-0.1, -0.05) is 23.9 Å². The molecule has 1 N–H and O–H groups in total. The normalized spacial score (nSPS) is 18.9. The molecule has 2 aliphatic rings. The minimum Gasteiger partial charge on any atom is -0.495 e. The number of carbonyl (C=O) groups excluding carboxylic acids is 3. The number of hydrogen-bond donors (Lipinski definition) is 1. The second-order valence-electron chi connectivity index (χ2n) is 5.67. The average molecular weight is 349 g/mol. The number of nitrogens with zero attached hydrogens (tertiary/aromatic N) is 2. The van der Waals surface area contributed by atoms with Crippen LogP contribution in [0.1, 0.15) is 12.8 Å². The highest BCUT2D eigenvalue weighted by Gasteiger charge is 2.37. The fourth-order valence-electron chi connectivity index (χ4n) is 2.99. The Hall–Kier alpha value is -2.22. The number of amides is 4. The van der Waals surface area contributed by atoms with E-state index in [0.717, 1.165) is 11.8 Å². The van der Waals surface area contributed by atoms with Gasteiger partial charge in [-0.2, -0.15) is 0 Å². The molecule has 2 fully saturated rings. The summed E-state index contributed by atoms with van der Waals surface area (Å²) >= 11 is 1.05. The Morgan fingerprint density at radius 2 is 1.96 bits per heavy atom. The van der Waals surface area contributed by atoms with Gasteiger partial charge in [-0.3, -0.25) is 14.5 Å². The maximum absolute atomic E-state index is 12.4. The first kappa shape index (κ1) is 16.6. The summed E-state index contributed by atoms with van der Waals surface area (Å²) in [7, 11) is 1.55. The summed E-state index contributed by atoms with van der Waals surface area (Å²) < 4.78 is 5.22. The second kappa shape index (κ2) is 7.12. The predicted molar refractivity (Wildman–Crippen MR) is 91.3 cm³/mol. The van der Waals surface area contributed by atoms with Gasteiger partial charge in [0.25, 0.3) is 5.24 Å². The minimum absolute atomic E-state index is 0.102. The molecule has 0 bridgehead atoms. The quantitative estimate of drug-likeness (QED) is 0.906. The van der Waals surface area contributed by atoms with Crippen molar-refractivity contribution in [3.63, 3.8) is 0 Å². The van der Waals surface area contributed by atoms with Crippen LogP contribution in [0.2, 0.25) is 0 Å². The first-order chi connectivity index (χ1) is 11.6. The number of anilines is 1. The second-order valence-corrected chi connectivity index (χ2v) is 6.59. The first-order valence-electron chi connectivity index (χ1n) is 7.78. The van der Waals surface area contributed by atoms with Crippen LogP contribution in [0.25, 0.3) is 0 Å². The molecule has 0 unspecified atom stereocenters. The Labute approximate surface area is 144 Å². The van der Waals surface area contributed by atoms with Crippen LogP contribution in [0.4, 0.5) is 15.3 Å². The number of piperidine rings is 1. The van der Waals surface area contributed by atoms with E-state index in [9.17, 15) is 14.4 Å². The summed E-state index contributed by atoms with van der Waals surface area (Å²) in [5.74, 6) is 0.709. The lowest BCUT2D eigenvalue weighted by atomic mass is 10.0. The maximum Gasteiger partial charge on any atom is 0.321 e. The summed E-state index contributed by atoms with van der Waals surface area (Å²) in [6, 6.07) is 6.92. The number of urea groups is 1. The molecule has 7 nitrogen and oxygen atoms in total. The van der Waals surface area contributed by atoms with Gasteiger partial charge in [0.1, 0.15) is 5.75 Å². The maximum atomic E-state index is 12.4. The van der Waals surface area contributed by atoms with Crippen LogP contribution in [0.5, 0.6) is 5.75 Å². The lowest BCUT2D eigenvalue weighted by molar-refractivity contribution is -0.126. The average Bonchev–Trinajstić information content (AvgIpc) is 2.94. The van der Waals surface area contributed by atoms with Gasteiger partial charge < -0.3 is 15.0 Å². The van der Waals surface area contributed by atoms with Crippen molar-refractivity contribution >= 4 is 34.6 Å². The Bertz CT molecular complexity index is 642. The number of rotatable bonds is 3. The minimum atomic E-state index is -0.202. The zero-order valence-electron chi connectivity index (χ0n) is 13.4. The number of likely N-dealkylation sites (tertiary alicyclic amines) is 1. The zero-order valence-corrected chi connectivity index (χ0v) is 14.2. The van der Waals surface area contributed by atoms with E-state index < -0.39 is 0 Å². The van der Waals surface area contributed by atoms with Crippen LogP contribution in [0.15, 0.2) is 24.3 Å². The third-order valence-corrected chi connectivity index (χ3v) is 5.08. The van der Waals surface area contributed by atoms with Crippen molar-refractivity contribution < 1.29 is 19.1 Å². The van der Waals surface area contributed by atoms with E-state index in [2.05, 4.69) is 5.32 Å². The lowest BCUT2D eigenvalue weighted by Gasteiger charge is -2.35. The summed E-state index contributed by atoms with van der Waals surface area (Å²) in [6.45, 7) is 1.01. The monoisotopic (exact) mass is 349 g/mol. The van der Waals surface area contributed by atoms with Crippen LogP contribution in [0, 0.1) is 0 Å². The SMILES string of the molecule is COc1ccccc1NC(=O)N1CCC(N2C(=O)CSC2=O)CC1. The third kappa shape index (κ3) is 3.33. The number of nitrogens with one attached hydrogen (secondary N) is 1. The standard InChI is InChI=1S/C16H19N3O4S/c1-23-13-5-3-2-4-12(13)17-15(21)18-8-6-11(7-9-18)19-14(20)10-24-16(19)22/h2-5,11H,6-10H2,1H3,(H,17,21). The number of ether oxygens (including phenoxy) is 1. The van der Waals surface area contributed by atoms with Crippen LogP contribution in [-0.2, 0) is 4.79 Å².